The summed E-state index contributed by atoms with van der Waals surface area (Å²) in [5.74, 6) is 0. The van der Waals surface area contributed by atoms with Crippen LogP contribution in [0.2, 0.25) is 0 Å². The van der Waals surface area contributed by atoms with Crippen molar-refractivity contribution < 1.29 is 4.74 Å². The molecule has 0 spiro atoms. The fraction of sp³-hybridized carbons (Fsp3) is 0.533. The molecule has 20 heavy (non-hydrogen) atoms. The Bertz CT molecular complexity index is 449. The summed E-state index contributed by atoms with van der Waals surface area (Å²) in [5.41, 5.74) is 7.75. The van der Waals surface area contributed by atoms with Gasteiger partial charge in [-0.1, -0.05) is 26.1 Å². The van der Waals surface area contributed by atoms with Crippen molar-refractivity contribution in [2.45, 2.75) is 32.7 Å². The maximum absolute atomic E-state index is 5.70. The predicted octanol–water partition coefficient (Wildman–Crippen LogP) is 3.72. The molecular formula is C15H23BrN2OS. The Morgan fingerprint density at radius 1 is 1.40 bits per heavy atom. The van der Waals surface area contributed by atoms with Crippen LogP contribution in [-0.2, 0) is 4.74 Å². The highest BCUT2D eigenvalue weighted by molar-refractivity contribution is 9.10. The van der Waals surface area contributed by atoms with E-state index in [4.69, 9.17) is 22.7 Å². The highest BCUT2D eigenvalue weighted by Crippen LogP contribution is 2.27. The number of hydrogen-bond donors (Lipinski definition) is 1. The topological polar surface area (TPSA) is 38.5 Å². The van der Waals surface area contributed by atoms with E-state index in [0.29, 0.717) is 17.6 Å². The number of nitrogens with two attached hydrogens (primary N) is 1. The monoisotopic (exact) mass is 358 g/mol. The van der Waals surface area contributed by atoms with Crippen molar-refractivity contribution >= 4 is 38.8 Å². The van der Waals surface area contributed by atoms with Crippen LogP contribution in [0.25, 0.3) is 0 Å². The Labute approximate surface area is 135 Å². The van der Waals surface area contributed by atoms with Gasteiger partial charge in [-0.15, -0.1) is 0 Å². The van der Waals surface area contributed by atoms with E-state index in [-0.39, 0.29) is 0 Å². The molecule has 0 aromatic heterocycles. The van der Waals surface area contributed by atoms with E-state index in [1.807, 2.05) is 6.07 Å². The lowest BCUT2D eigenvalue weighted by Crippen LogP contribution is -2.37. The SMILES string of the molecule is CCC(CC)N(CCOC)c1ccc(C(N)=S)c(Br)c1. The number of hydrogen-bond acceptors (Lipinski definition) is 3. The fourth-order valence-electron chi connectivity index (χ4n) is 2.32. The lowest BCUT2D eigenvalue weighted by atomic mass is 10.1. The van der Waals surface area contributed by atoms with E-state index in [9.17, 15) is 0 Å². The molecule has 0 saturated heterocycles. The minimum Gasteiger partial charge on any atom is -0.389 e. The molecule has 0 atom stereocenters. The summed E-state index contributed by atoms with van der Waals surface area (Å²) in [6.45, 7) is 6.02. The molecule has 0 fully saturated rings. The summed E-state index contributed by atoms with van der Waals surface area (Å²) in [5, 5.41) is 0. The number of benzene rings is 1. The van der Waals surface area contributed by atoms with Gasteiger partial charge < -0.3 is 15.4 Å². The third kappa shape index (κ3) is 4.43. The molecule has 0 aliphatic rings. The predicted molar refractivity (Wildman–Crippen MR) is 93.6 cm³/mol. The van der Waals surface area contributed by atoms with Crippen LogP contribution in [-0.4, -0.2) is 31.3 Å². The average molecular weight is 359 g/mol. The second-order valence-electron chi connectivity index (χ2n) is 4.68. The molecule has 3 nitrogen and oxygen atoms in total. The molecule has 2 N–H and O–H groups in total. The van der Waals surface area contributed by atoms with E-state index < -0.39 is 0 Å². The summed E-state index contributed by atoms with van der Waals surface area (Å²) < 4.78 is 6.17. The lowest BCUT2D eigenvalue weighted by molar-refractivity contribution is 0.202. The molecule has 0 radical (unpaired) electrons. The van der Waals surface area contributed by atoms with Gasteiger partial charge >= 0.3 is 0 Å². The van der Waals surface area contributed by atoms with Crippen LogP contribution in [0.4, 0.5) is 5.69 Å². The maximum Gasteiger partial charge on any atom is 0.105 e. The molecule has 0 aliphatic heterocycles. The van der Waals surface area contributed by atoms with E-state index in [2.05, 4.69) is 46.8 Å². The second-order valence-corrected chi connectivity index (χ2v) is 5.98. The second kappa shape index (κ2) is 8.60. The molecule has 0 heterocycles. The summed E-state index contributed by atoms with van der Waals surface area (Å²) in [6.07, 6.45) is 2.21. The number of rotatable bonds is 8. The van der Waals surface area contributed by atoms with Crippen molar-refractivity contribution in [3.8, 4) is 0 Å². The fourth-order valence-corrected chi connectivity index (χ4v) is 3.21. The zero-order valence-electron chi connectivity index (χ0n) is 12.4. The Kier molecular flexibility index (Phi) is 7.48. The summed E-state index contributed by atoms with van der Waals surface area (Å²) in [4.78, 5) is 2.80. The summed E-state index contributed by atoms with van der Waals surface area (Å²) >= 11 is 8.59. The van der Waals surface area contributed by atoms with Crippen LogP contribution in [0.3, 0.4) is 0 Å². The van der Waals surface area contributed by atoms with Gasteiger partial charge in [0, 0.05) is 35.4 Å². The molecule has 0 saturated carbocycles. The van der Waals surface area contributed by atoms with Gasteiger partial charge in [0.15, 0.2) is 0 Å². The molecule has 0 amide bonds. The normalized spacial score (nSPS) is 10.8. The number of nitrogens with zero attached hydrogens (tertiary/aromatic N) is 1. The van der Waals surface area contributed by atoms with Gasteiger partial charge in [0.1, 0.15) is 4.99 Å². The van der Waals surface area contributed by atoms with Crippen LogP contribution < -0.4 is 10.6 Å². The number of methoxy groups -OCH3 is 1. The van der Waals surface area contributed by atoms with Crippen LogP contribution in [0.5, 0.6) is 0 Å². The molecule has 1 aromatic rings. The van der Waals surface area contributed by atoms with Crippen LogP contribution in [0.15, 0.2) is 22.7 Å². The first-order valence-electron chi connectivity index (χ1n) is 6.90. The van der Waals surface area contributed by atoms with Gasteiger partial charge in [-0.3, -0.25) is 0 Å². The first-order valence-corrected chi connectivity index (χ1v) is 8.10. The van der Waals surface area contributed by atoms with Gasteiger partial charge in [0.25, 0.3) is 0 Å². The van der Waals surface area contributed by atoms with Crippen molar-refractivity contribution in [2.24, 2.45) is 5.73 Å². The quantitative estimate of drug-likeness (QED) is 0.718. The highest BCUT2D eigenvalue weighted by atomic mass is 79.9. The van der Waals surface area contributed by atoms with Crippen molar-refractivity contribution in [3.63, 3.8) is 0 Å². The van der Waals surface area contributed by atoms with Crippen LogP contribution >= 0.6 is 28.1 Å². The maximum atomic E-state index is 5.70. The lowest BCUT2D eigenvalue weighted by Gasteiger charge is -2.33. The van der Waals surface area contributed by atoms with E-state index in [0.717, 1.165) is 29.4 Å². The van der Waals surface area contributed by atoms with E-state index in [1.165, 1.54) is 5.69 Å². The zero-order chi connectivity index (χ0) is 15.1. The van der Waals surface area contributed by atoms with E-state index >= 15 is 0 Å². The Hall–Kier alpha value is -0.650. The molecule has 1 aromatic carbocycles. The van der Waals surface area contributed by atoms with Crippen LogP contribution in [0, 0.1) is 0 Å². The standard InChI is InChI=1S/C15H23BrN2OS/c1-4-11(5-2)18(8-9-19-3)12-6-7-13(15(17)20)14(16)10-12/h6-7,10-11H,4-5,8-9H2,1-3H3,(H2,17,20). The molecule has 0 aliphatic carbocycles. The van der Waals surface area contributed by atoms with Gasteiger partial charge in [-0.2, -0.15) is 0 Å². The van der Waals surface area contributed by atoms with E-state index in [1.54, 1.807) is 7.11 Å². The first kappa shape index (κ1) is 17.4. The molecule has 5 heteroatoms. The number of anilines is 1. The molecule has 0 bridgehead atoms. The smallest absolute Gasteiger partial charge is 0.105 e. The van der Waals surface area contributed by atoms with Gasteiger partial charge in [0.05, 0.1) is 6.61 Å². The summed E-state index contributed by atoms with van der Waals surface area (Å²) in [6, 6.07) is 6.65. The summed E-state index contributed by atoms with van der Waals surface area (Å²) in [7, 11) is 1.73. The van der Waals surface area contributed by atoms with Crippen molar-refractivity contribution in [1.82, 2.24) is 0 Å². The van der Waals surface area contributed by atoms with Gasteiger partial charge in [-0.25, -0.2) is 0 Å². The molecule has 0 unspecified atom stereocenters. The molecule has 112 valence electrons. The first-order chi connectivity index (χ1) is 9.54. The number of ether oxygens (including phenoxy) is 1. The largest absolute Gasteiger partial charge is 0.389 e. The minimum atomic E-state index is 0.411. The number of halogens is 1. The van der Waals surface area contributed by atoms with Crippen LogP contribution in [0.1, 0.15) is 32.3 Å². The van der Waals surface area contributed by atoms with Crippen molar-refractivity contribution in [3.05, 3.63) is 28.2 Å². The third-order valence-corrected chi connectivity index (χ3v) is 4.35. The Morgan fingerprint density at radius 3 is 2.50 bits per heavy atom. The van der Waals surface area contributed by atoms with Crippen molar-refractivity contribution in [1.29, 1.82) is 0 Å². The molecule has 1 rings (SSSR count). The molecular weight excluding hydrogens is 336 g/mol. The van der Waals surface area contributed by atoms with Gasteiger partial charge in [0.2, 0.25) is 0 Å². The number of thiocarbonyl (C=S) groups is 1. The van der Waals surface area contributed by atoms with Gasteiger partial charge in [-0.05, 0) is 47.0 Å². The zero-order valence-corrected chi connectivity index (χ0v) is 14.8. The Morgan fingerprint density at radius 2 is 2.05 bits per heavy atom. The highest BCUT2D eigenvalue weighted by Gasteiger charge is 2.16. The Balaban J connectivity index is 3.06. The third-order valence-electron chi connectivity index (χ3n) is 3.47. The average Bonchev–Trinajstić information content (AvgIpc) is 2.43. The minimum absolute atomic E-state index is 0.411. The van der Waals surface area contributed by atoms with Crippen molar-refractivity contribution in [2.75, 3.05) is 25.2 Å².